The summed E-state index contributed by atoms with van der Waals surface area (Å²) in [5.74, 6) is 0.772. The van der Waals surface area contributed by atoms with Crippen LogP contribution in [0.3, 0.4) is 0 Å². The van der Waals surface area contributed by atoms with Crippen LogP contribution in [0.1, 0.15) is 22.4 Å². The van der Waals surface area contributed by atoms with Crippen LogP contribution in [0.25, 0.3) is 10.9 Å². The van der Waals surface area contributed by atoms with Gasteiger partial charge in [0.25, 0.3) is 8.32 Å². The highest BCUT2D eigenvalue weighted by Gasteiger charge is 2.44. The number of nitrogens with zero attached hydrogens (tertiary/aromatic N) is 1. The van der Waals surface area contributed by atoms with Gasteiger partial charge in [0.1, 0.15) is 11.3 Å². The molecule has 0 saturated heterocycles. The lowest BCUT2D eigenvalue weighted by Gasteiger charge is -2.37. The molecule has 1 heterocycles. The Morgan fingerprint density at radius 1 is 0.583 bits per heavy atom. The number of rotatable bonds is 7. The minimum atomic E-state index is -2.90. The Hall–Kier alpha value is -3.20. The lowest BCUT2D eigenvalue weighted by Crippen LogP contribution is -2.71. The maximum absolute atomic E-state index is 7.19. The maximum Gasteiger partial charge on any atom is 0.763 e. The molecule has 4 aromatic carbocycles. The van der Waals surface area contributed by atoms with E-state index in [1.165, 1.54) is 32.3 Å². The van der Waals surface area contributed by atoms with Crippen LogP contribution in [0.15, 0.2) is 103 Å². The molecule has 177 valence electrons. The van der Waals surface area contributed by atoms with E-state index in [9.17, 15) is 0 Å². The summed E-state index contributed by atoms with van der Waals surface area (Å²) in [6.45, 7) is 8.56. The van der Waals surface area contributed by atoms with Gasteiger partial charge in [0, 0.05) is 11.1 Å². The molecule has 5 heteroatoms. The summed E-state index contributed by atoms with van der Waals surface area (Å²) in [7, 11) is -2.90. The molecule has 3 nitrogen and oxygen atoms in total. The van der Waals surface area contributed by atoms with Gasteiger partial charge in [0.05, 0.1) is 0 Å². The fourth-order valence-electron chi connectivity index (χ4n) is 4.99. The van der Waals surface area contributed by atoms with Crippen molar-refractivity contribution >= 4 is 50.7 Å². The summed E-state index contributed by atoms with van der Waals surface area (Å²) < 4.78 is 13.6. The Morgan fingerprint density at radius 2 is 1.11 bits per heavy atom. The molecule has 1 aromatic heterocycles. The number of aromatic nitrogens is 1. The van der Waals surface area contributed by atoms with Crippen molar-refractivity contribution in [3.63, 3.8) is 0 Å². The molecule has 0 N–H and O–H groups in total. The molecule has 0 atom stereocenters. The number of fused-ring (bicyclic) bond motifs is 1. The van der Waals surface area contributed by atoms with Crippen LogP contribution in [-0.2, 0) is 3.48 Å². The lowest BCUT2D eigenvalue weighted by molar-refractivity contribution is 0.468. The average molecular weight is 503 g/mol. The van der Waals surface area contributed by atoms with Gasteiger partial charge in [-0.05, 0) is 72.1 Å². The molecule has 0 saturated carbocycles. The van der Waals surface area contributed by atoms with Crippen molar-refractivity contribution in [2.75, 3.05) is 0 Å². The van der Waals surface area contributed by atoms with E-state index in [-0.39, 0.29) is 0 Å². The fourth-order valence-corrected chi connectivity index (χ4v) is 11.4. The minimum absolute atomic E-state index is 0.772. The van der Waals surface area contributed by atoms with Crippen molar-refractivity contribution in [2.45, 2.75) is 27.7 Å². The van der Waals surface area contributed by atoms with Gasteiger partial charge in [-0.2, -0.15) is 0 Å². The molecule has 0 aliphatic carbocycles. The van der Waals surface area contributed by atoms with E-state index in [4.69, 9.17) is 12.3 Å². The molecule has 1 radical (unpaired) electrons. The second-order valence-corrected chi connectivity index (χ2v) is 13.6. The molecule has 0 amide bonds. The molecule has 0 spiro atoms. The zero-order chi connectivity index (χ0) is 25.1. The molecule has 0 fully saturated rings. The van der Waals surface area contributed by atoms with Crippen molar-refractivity contribution in [3.05, 3.63) is 126 Å². The number of benzene rings is 4. The van der Waals surface area contributed by atoms with Gasteiger partial charge in [-0.25, -0.2) is 4.98 Å². The van der Waals surface area contributed by atoms with Gasteiger partial charge in [-0.3, -0.25) is 0 Å². The third-order valence-corrected chi connectivity index (χ3v) is 12.9. The molecule has 0 aliphatic rings. The number of hydrogen-bond acceptors (Lipinski definition) is 3. The number of aryl methyl sites for hydroxylation is 4. The fraction of sp³-hybridized carbons (Fsp3) is 0.129. The van der Waals surface area contributed by atoms with Crippen LogP contribution in [0.5, 0.6) is 5.75 Å². The zero-order valence-corrected chi connectivity index (χ0v) is 23.3. The van der Waals surface area contributed by atoms with E-state index in [1.807, 2.05) is 25.1 Å². The van der Waals surface area contributed by atoms with Crippen LogP contribution in [0.2, 0.25) is 0 Å². The highest BCUT2D eigenvalue weighted by Crippen LogP contribution is 2.24. The Labute approximate surface area is 221 Å². The molecule has 5 rings (SSSR count). The van der Waals surface area contributed by atoms with Gasteiger partial charge < -0.3 is 7.27 Å². The van der Waals surface area contributed by atoms with Crippen LogP contribution < -0.4 is 19.3 Å². The standard InChI is InChI=1S/C21H21OSi.C10H9NO.Al/c1-16-10-4-7-13-19(16)23(22,20-14-8-5-11-17(20)2)21-15-9-6-12-18(21)3;1-7-5-6-8-3-2-4-9(12)10(8)11-7;/h4-15H,1-3H3;2-6,12H,1H3;/q-1;;+2/p-1. The molecule has 0 unspecified atom stereocenters. The van der Waals surface area contributed by atoms with Gasteiger partial charge in [0.15, 0.2) is 0 Å². The van der Waals surface area contributed by atoms with E-state index in [0.29, 0.717) is 0 Å². The van der Waals surface area contributed by atoms with Crippen LogP contribution in [0.4, 0.5) is 0 Å². The average Bonchev–Trinajstić information content (AvgIpc) is 2.88. The first-order valence-electron chi connectivity index (χ1n) is 12.2. The van der Waals surface area contributed by atoms with Crippen molar-refractivity contribution in [1.29, 1.82) is 0 Å². The summed E-state index contributed by atoms with van der Waals surface area (Å²) >= 11 is -0.820. The molecule has 5 aromatic rings. The smallest absolute Gasteiger partial charge is 0.625 e. The third-order valence-electron chi connectivity index (χ3n) is 6.80. The maximum atomic E-state index is 7.19. The van der Waals surface area contributed by atoms with Gasteiger partial charge in [-0.15, -0.1) is 0 Å². The monoisotopic (exact) mass is 502 g/mol. The molecule has 36 heavy (non-hydrogen) atoms. The summed E-state index contributed by atoms with van der Waals surface area (Å²) in [5, 5.41) is 4.85. The molecular weight excluding hydrogens is 473 g/mol. The Morgan fingerprint density at radius 3 is 1.64 bits per heavy atom. The van der Waals surface area contributed by atoms with Crippen LogP contribution in [0, 0.1) is 27.7 Å². The second-order valence-electron chi connectivity index (χ2n) is 9.24. The topological polar surface area (TPSA) is 31.4 Å². The van der Waals surface area contributed by atoms with Gasteiger partial charge >= 0.3 is 15.9 Å². The zero-order valence-electron chi connectivity index (χ0n) is 21.2. The largest absolute Gasteiger partial charge is 0.763 e. The highest BCUT2D eigenvalue weighted by molar-refractivity contribution is 7.09. The van der Waals surface area contributed by atoms with Gasteiger partial charge in [-0.1, -0.05) is 91.0 Å². The van der Waals surface area contributed by atoms with Crippen molar-refractivity contribution in [2.24, 2.45) is 0 Å². The second kappa shape index (κ2) is 10.4. The predicted octanol–water partition coefficient (Wildman–Crippen LogP) is 5.07. The Balaban J connectivity index is 1.66. The number of pyridine rings is 1. The van der Waals surface area contributed by atoms with E-state index in [1.54, 1.807) is 0 Å². The highest BCUT2D eigenvalue weighted by atomic mass is 28.4. The normalized spacial score (nSPS) is 11.4. The summed E-state index contributed by atoms with van der Waals surface area (Å²) in [5.41, 5.74) is 5.55. The summed E-state index contributed by atoms with van der Waals surface area (Å²) in [6.07, 6.45) is 0. The molecular formula is C31H29AlNO2Si. The SMILES string of the molecule is Cc1ccc2cccc([O][Al][O][Si](c3ccccc3C)(c3ccccc3C)c3ccccc3C)c2n1. The van der Waals surface area contributed by atoms with Crippen molar-refractivity contribution in [3.8, 4) is 5.75 Å². The predicted molar refractivity (Wildman–Crippen MR) is 152 cm³/mol. The minimum Gasteiger partial charge on any atom is -0.625 e. The lowest BCUT2D eigenvalue weighted by atomic mass is 10.2. The van der Waals surface area contributed by atoms with E-state index in [2.05, 4.69) is 106 Å². The van der Waals surface area contributed by atoms with E-state index < -0.39 is 24.2 Å². The molecule has 0 aliphatic heterocycles. The van der Waals surface area contributed by atoms with Gasteiger partial charge in [0.2, 0.25) is 0 Å². The quantitative estimate of drug-likeness (QED) is 0.230. The van der Waals surface area contributed by atoms with E-state index in [0.717, 1.165) is 22.3 Å². The third kappa shape index (κ3) is 4.52. The number of para-hydroxylation sites is 1. The van der Waals surface area contributed by atoms with Crippen molar-refractivity contribution in [1.82, 2.24) is 4.98 Å². The number of hydrogen-bond donors (Lipinski definition) is 0. The molecule has 0 bridgehead atoms. The first kappa shape index (κ1) is 24.5. The first-order valence-corrected chi connectivity index (χ1v) is 15.1. The Kier molecular flexibility index (Phi) is 7.09. The van der Waals surface area contributed by atoms with Crippen LogP contribution in [-0.4, -0.2) is 29.2 Å². The van der Waals surface area contributed by atoms with E-state index >= 15 is 0 Å². The Bertz CT molecular complexity index is 1420. The van der Waals surface area contributed by atoms with Crippen molar-refractivity contribution < 1.29 is 7.27 Å². The summed E-state index contributed by atoms with van der Waals surface area (Å²) in [4.78, 5) is 4.75. The van der Waals surface area contributed by atoms with Crippen LogP contribution >= 0.6 is 0 Å². The first-order chi connectivity index (χ1) is 17.5. The summed E-state index contributed by atoms with van der Waals surface area (Å²) in [6, 6.07) is 36.1.